The monoisotopic (exact) mass is 226 g/mol. The first-order chi connectivity index (χ1) is 6.72. The minimum Gasteiger partial charge on any atom is -0.330 e. The Labute approximate surface area is 91.7 Å². The third kappa shape index (κ3) is 1.63. The molecule has 0 bridgehead atoms. The molecule has 1 aromatic heterocycles. The van der Waals surface area contributed by atoms with E-state index < -0.39 is 0 Å². The number of nitrogens with two attached hydrogens (primary N) is 1. The number of halogens is 1. The van der Waals surface area contributed by atoms with E-state index in [4.69, 9.17) is 17.3 Å². The first-order valence-electron chi connectivity index (χ1n) is 4.45. The lowest BCUT2D eigenvalue weighted by Gasteiger charge is -2.09. The highest BCUT2D eigenvalue weighted by Crippen LogP contribution is 2.31. The van der Waals surface area contributed by atoms with Gasteiger partial charge in [0.05, 0.1) is 15.7 Å². The maximum absolute atomic E-state index is 6.01. The van der Waals surface area contributed by atoms with Crippen LogP contribution in [0.15, 0.2) is 17.6 Å². The summed E-state index contributed by atoms with van der Waals surface area (Å²) in [4.78, 5) is 4.25. The summed E-state index contributed by atoms with van der Waals surface area (Å²) in [6.07, 6.45) is 0. The largest absolute Gasteiger partial charge is 0.330 e. The Bertz CT molecular complexity index is 452. The number of hydrogen-bond acceptors (Lipinski definition) is 3. The van der Waals surface area contributed by atoms with Gasteiger partial charge in [-0.05, 0) is 30.2 Å². The van der Waals surface area contributed by atoms with Crippen LogP contribution in [0.25, 0.3) is 10.2 Å². The van der Waals surface area contributed by atoms with Crippen molar-refractivity contribution in [3.8, 4) is 0 Å². The number of rotatable bonds is 2. The molecule has 2 aromatic rings. The standard InChI is InChI=1S/C10H11ClN2S/c1-6(4-12)8-2-7(11)3-9-10(8)14-5-13-9/h2-3,5-6H,4,12H2,1H3. The normalized spacial score (nSPS) is 13.4. The summed E-state index contributed by atoms with van der Waals surface area (Å²) in [5.74, 6) is 0.330. The van der Waals surface area contributed by atoms with Gasteiger partial charge < -0.3 is 5.73 Å². The van der Waals surface area contributed by atoms with Gasteiger partial charge in [-0.3, -0.25) is 0 Å². The summed E-state index contributed by atoms with van der Waals surface area (Å²) in [5.41, 5.74) is 9.67. The van der Waals surface area contributed by atoms with Crippen LogP contribution in [0.4, 0.5) is 0 Å². The van der Waals surface area contributed by atoms with Crippen LogP contribution >= 0.6 is 22.9 Å². The van der Waals surface area contributed by atoms with Gasteiger partial charge in [0.2, 0.25) is 0 Å². The summed E-state index contributed by atoms with van der Waals surface area (Å²) >= 11 is 7.65. The van der Waals surface area contributed by atoms with E-state index in [1.54, 1.807) is 11.3 Å². The number of thiazole rings is 1. The van der Waals surface area contributed by atoms with Crippen molar-refractivity contribution in [3.63, 3.8) is 0 Å². The fourth-order valence-electron chi connectivity index (χ4n) is 1.45. The summed E-state index contributed by atoms with van der Waals surface area (Å²) in [6.45, 7) is 2.73. The van der Waals surface area contributed by atoms with Gasteiger partial charge in [0.1, 0.15) is 0 Å². The summed E-state index contributed by atoms with van der Waals surface area (Å²) < 4.78 is 1.20. The first-order valence-corrected chi connectivity index (χ1v) is 5.71. The Kier molecular flexibility index (Phi) is 2.72. The molecule has 0 saturated carbocycles. The zero-order chi connectivity index (χ0) is 10.1. The highest BCUT2D eigenvalue weighted by Gasteiger charge is 2.11. The maximum atomic E-state index is 6.01. The zero-order valence-electron chi connectivity index (χ0n) is 7.83. The Morgan fingerprint density at radius 1 is 1.57 bits per heavy atom. The number of benzene rings is 1. The van der Waals surface area contributed by atoms with Gasteiger partial charge in [0, 0.05) is 5.02 Å². The molecule has 0 aliphatic carbocycles. The van der Waals surface area contributed by atoms with Gasteiger partial charge >= 0.3 is 0 Å². The van der Waals surface area contributed by atoms with Crippen molar-refractivity contribution >= 4 is 33.2 Å². The van der Waals surface area contributed by atoms with Crippen LogP contribution in [0.5, 0.6) is 0 Å². The van der Waals surface area contributed by atoms with Crippen LogP contribution in [0.1, 0.15) is 18.4 Å². The van der Waals surface area contributed by atoms with E-state index in [-0.39, 0.29) is 0 Å². The minimum atomic E-state index is 0.330. The molecule has 1 heterocycles. The molecule has 1 atom stereocenters. The third-order valence-electron chi connectivity index (χ3n) is 2.31. The lowest BCUT2D eigenvalue weighted by molar-refractivity contribution is 0.782. The van der Waals surface area contributed by atoms with Gasteiger partial charge in [-0.2, -0.15) is 0 Å². The molecule has 4 heteroatoms. The maximum Gasteiger partial charge on any atom is 0.0829 e. The van der Waals surface area contributed by atoms with Gasteiger partial charge in [-0.1, -0.05) is 18.5 Å². The zero-order valence-corrected chi connectivity index (χ0v) is 9.40. The Morgan fingerprint density at radius 2 is 2.36 bits per heavy atom. The number of nitrogens with zero attached hydrogens (tertiary/aromatic N) is 1. The number of fused-ring (bicyclic) bond motifs is 1. The molecule has 0 aliphatic rings. The SMILES string of the molecule is CC(CN)c1cc(Cl)cc2ncsc12. The lowest BCUT2D eigenvalue weighted by Crippen LogP contribution is -2.08. The molecule has 1 aromatic carbocycles. The molecule has 1 unspecified atom stereocenters. The van der Waals surface area contributed by atoms with Gasteiger partial charge in [-0.15, -0.1) is 11.3 Å². The molecular weight excluding hydrogens is 216 g/mol. The van der Waals surface area contributed by atoms with E-state index in [0.29, 0.717) is 12.5 Å². The van der Waals surface area contributed by atoms with E-state index in [1.807, 2.05) is 17.6 Å². The quantitative estimate of drug-likeness (QED) is 0.855. The number of hydrogen-bond donors (Lipinski definition) is 1. The van der Waals surface area contributed by atoms with Crippen molar-refractivity contribution in [2.24, 2.45) is 5.73 Å². The molecule has 0 saturated heterocycles. The second-order valence-corrected chi connectivity index (χ2v) is 4.62. The molecular formula is C10H11ClN2S. The number of aromatic nitrogens is 1. The van der Waals surface area contributed by atoms with E-state index in [9.17, 15) is 0 Å². The predicted octanol–water partition coefficient (Wildman–Crippen LogP) is 3.01. The van der Waals surface area contributed by atoms with Crippen molar-refractivity contribution in [3.05, 3.63) is 28.2 Å². The third-order valence-corrected chi connectivity index (χ3v) is 3.42. The van der Waals surface area contributed by atoms with E-state index >= 15 is 0 Å². The van der Waals surface area contributed by atoms with E-state index in [0.717, 1.165) is 10.5 Å². The fourth-order valence-corrected chi connectivity index (χ4v) is 2.57. The Balaban J connectivity index is 2.66. The van der Waals surface area contributed by atoms with Crippen molar-refractivity contribution in [2.75, 3.05) is 6.54 Å². The Hall–Kier alpha value is -0.640. The van der Waals surface area contributed by atoms with Crippen LogP contribution < -0.4 is 5.73 Å². The molecule has 0 fully saturated rings. The van der Waals surface area contributed by atoms with Gasteiger partial charge in [0.15, 0.2) is 0 Å². The van der Waals surface area contributed by atoms with E-state index in [1.165, 1.54) is 10.3 Å². The summed E-state index contributed by atoms with van der Waals surface area (Å²) in [7, 11) is 0. The first kappa shape index (κ1) is 9.90. The molecule has 2 N–H and O–H groups in total. The van der Waals surface area contributed by atoms with Crippen LogP contribution in [0.2, 0.25) is 5.02 Å². The summed E-state index contributed by atoms with van der Waals surface area (Å²) in [6, 6.07) is 3.87. The molecule has 14 heavy (non-hydrogen) atoms. The van der Waals surface area contributed by atoms with Crippen LogP contribution in [-0.2, 0) is 0 Å². The Morgan fingerprint density at radius 3 is 3.07 bits per heavy atom. The second-order valence-electron chi connectivity index (χ2n) is 3.33. The average molecular weight is 227 g/mol. The molecule has 74 valence electrons. The minimum absolute atomic E-state index is 0.330. The van der Waals surface area contributed by atoms with Crippen LogP contribution in [0.3, 0.4) is 0 Å². The topological polar surface area (TPSA) is 38.9 Å². The van der Waals surface area contributed by atoms with E-state index in [2.05, 4.69) is 11.9 Å². The summed E-state index contributed by atoms with van der Waals surface area (Å²) in [5, 5.41) is 0.735. The predicted molar refractivity (Wildman–Crippen MR) is 62.1 cm³/mol. The lowest BCUT2D eigenvalue weighted by atomic mass is 10.0. The fraction of sp³-hybridized carbons (Fsp3) is 0.300. The molecule has 0 radical (unpaired) electrons. The van der Waals surface area contributed by atoms with Crippen molar-refractivity contribution in [2.45, 2.75) is 12.8 Å². The van der Waals surface area contributed by atoms with Crippen molar-refractivity contribution in [1.82, 2.24) is 4.98 Å². The molecule has 2 rings (SSSR count). The van der Waals surface area contributed by atoms with Gasteiger partial charge in [0.25, 0.3) is 0 Å². The molecule has 0 aliphatic heterocycles. The van der Waals surface area contributed by atoms with Crippen molar-refractivity contribution < 1.29 is 0 Å². The molecule has 2 nitrogen and oxygen atoms in total. The highest BCUT2D eigenvalue weighted by atomic mass is 35.5. The molecule has 0 amide bonds. The molecule has 0 spiro atoms. The van der Waals surface area contributed by atoms with Gasteiger partial charge in [-0.25, -0.2) is 4.98 Å². The van der Waals surface area contributed by atoms with Crippen LogP contribution in [-0.4, -0.2) is 11.5 Å². The average Bonchev–Trinajstić information content (AvgIpc) is 2.62. The smallest absolute Gasteiger partial charge is 0.0829 e. The highest BCUT2D eigenvalue weighted by molar-refractivity contribution is 7.17. The van der Waals surface area contributed by atoms with Crippen molar-refractivity contribution in [1.29, 1.82) is 0 Å². The second kappa shape index (κ2) is 3.85. The van der Waals surface area contributed by atoms with Crippen LogP contribution in [0, 0.1) is 0 Å².